The van der Waals surface area contributed by atoms with Crippen molar-refractivity contribution in [3.05, 3.63) is 0 Å². The predicted molar refractivity (Wildman–Crippen MR) is 41.9 cm³/mol. The highest BCUT2D eigenvalue weighted by atomic mass is 14.4. The first-order valence-corrected chi connectivity index (χ1v) is 3.83. The third kappa shape index (κ3) is 1.98. The van der Waals surface area contributed by atoms with Gasteiger partial charge in [-0.2, -0.15) is 0 Å². The van der Waals surface area contributed by atoms with Gasteiger partial charge < -0.3 is 6.15 Å². The highest BCUT2D eigenvalue weighted by molar-refractivity contribution is 4.90. The van der Waals surface area contributed by atoms with Crippen LogP contribution in [-0.2, 0) is 0 Å². The van der Waals surface area contributed by atoms with Gasteiger partial charge in [-0.25, -0.2) is 0 Å². The summed E-state index contributed by atoms with van der Waals surface area (Å²) in [7, 11) is 0. The molecule has 1 fully saturated rings. The lowest BCUT2D eigenvalue weighted by Crippen LogP contribution is -1.95. The molecule has 0 saturated heterocycles. The van der Waals surface area contributed by atoms with Crippen molar-refractivity contribution in [2.75, 3.05) is 0 Å². The molecule has 0 aliphatic heterocycles. The van der Waals surface area contributed by atoms with Gasteiger partial charge in [-0.3, -0.25) is 0 Å². The molecule has 1 saturated carbocycles. The van der Waals surface area contributed by atoms with Gasteiger partial charge in [0.05, 0.1) is 0 Å². The number of rotatable bonds is 3. The van der Waals surface area contributed by atoms with E-state index < -0.39 is 0 Å². The normalized spacial score (nSPS) is 20.7. The molecular weight excluding hydrogens is 110 g/mol. The Kier molecular flexibility index (Phi) is 3.20. The fourth-order valence-electron chi connectivity index (χ4n) is 1.49. The first-order valence-electron chi connectivity index (χ1n) is 3.83. The molecule has 9 heavy (non-hydrogen) atoms. The third-order valence-electron chi connectivity index (χ3n) is 2.49. The third-order valence-corrected chi connectivity index (χ3v) is 2.49. The summed E-state index contributed by atoms with van der Waals surface area (Å²) in [5, 5.41) is 0. The minimum atomic E-state index is 0. The van der Waals surface area contributed by atoms with Crippen LogP contribution in [0.4, 0.5) is 0 Å². The van der Waals surface area contributed by atoms with Crippen LogP contribution < -0.4 is 6.15 Å². The van der Waals surface area contributed by atoms with E-state index in [0.717, 1.165) is 5.41 Å². The summed E-state index contributed by atoms with van der Waals surface area (Å²) in [6.07, 6.45) is 7.30. The topological polar surface area (TPSA) is 35.0 Å². The van der Waals surface area contributed by atoms with Crippen molar-refractivity contribution in [2.45, 2.75) is 46.0 Å². The van der Waals surface area contributed by atoms with E-state index >= 15 is 0 Å². The van der Waals surface area contributed by atoms with E-state index in [4.69, 9.17) is 0 Å². The highest BCUT2D eigenvalue weighted by Crippen LogP contribution is 2.52. The largest absolute Gasteiger partial charge is 0.344 e. The van der Waals surface area contributed by atoms with E-state index in [1.807, 2.05) is 0 Å². The lowest BCUT2D eigenvalue weighted by Gasteiger charge is -2.07. The van der Waals surface area contributed by atoms with Crippen molar-refractivity contribution in [3.8, 4) is 0 Å². The lowest BCUT2D eigenvalue weighted by atomic mass is 9.98. The van der Waals surface area contributed by atoms with Gasteiger partial charge in [-0.1, -0.05) is 26.7 Å². The van der Waals surface area contributed by atoms with Crippen molar-refractivity contribution in [1.29, 1.82) is 0 Å². The van der Waals surface area contributed by atoms with E-state index in [-0.39, 0.29) is 6.15 Å². The maximum Gasteiger partial charge on any atom is -0.0300 e. The zero-order valence-electron chi connectivity index (χ0n) is 6.74. The number of hydrogen-bond acceptors (Lipinski definition) is 1. The number of hydrogen-bond donors (Lipinski definition) is 1. The van der Waals surface area contributed by atoms with Crippen LogP contribution in [0.5, 0.6) is 0 Å². The Hall–Kier alpha value is -0.0400. The second-order valence-electron chi connectivity index (χ2n) is 3.10. The minimum Gasteiger partial charge on any atom is -0.344 e. The van der Waals surface area contributed by atoms with E-state index in [1.54, 1.807) is 0 Å². The lowest BCUT2D eigenvalue weighted by molar-refractivity contribution is 0.444. The van der Waals surface area contributed by atoms with Gasteiger partial charge in [0.25, 0.3) is 0 Å². The zero-order valence-corrected chi connectivity index (χ0v) is 6.74. The molecule has 56 valence electrons. The second kappa shape index (κ2) is 3.21. The first kappa shape index (κ1) is 8.96. The van der Waals surface area contributed by atoms with Crippen LogP contribution in [0.2, 0.25) is 0 Å². The van der Waals surface area contributed by atoms with Crippen molar-refractivity contribution in [3.63, 3.8) is 0 Å². The van der Waals surface area contributed by atoms with Crippen molar-refractivity contribution in [2.24, 2.45) is 5.41 Å². The van der Waals surface area contributed by atoms with Crippen LogP contribution in [0.1, 0.15) is 46.0 Å². The Morgan fingerprint density at radius 3 is 1.89 bits per heavy atom. The van der Waals surface area contributed by atoms with Gasteiger partial charge >= 0.3 is 0 Å². The van der Waals surface area contributed by atoms with Crippen LogP contribution in [0.25, 0.3) is 0 Å². The Morgan fingerprint density at radius 2 is 1.78 bits per heavy atom. The molecule has 0 aromatic rings. The van der Waals surface area contributed by atoms with Gasteiger partial charge in [0.15, 0.2) is 0 Å². The standard InChI is InChI=1S/C8H16.H3N/c1-3-5-8(4-2)6-7-8;/h3-7H2,1-2H3;1H3. The zero-order chi connectivity index (χ0) is 6.04. The van der Waals surface area contributed by atoms with E-state index in [2.05, 4.69) is 13.8 Å². The maximum atomic E-state index is 2.32. The molecule has 1 aliphatic carbocycles. The molecule has 1 rings (SSSR count). The van der Waals surface area contributed by atoms with Crippen LogP contribution in [0.3, 0.4) is 0 Å². The maximum absolute atomic E-state index is 2.32. The molecule has 1 nitrogen and oxygen atoms in total. The fraction of sp³-hybridized carbons (Fsp3) is 1.00. The summed E-state index contributed by atoms with van der Waals surface area (Å²) >= 11 is 0. The average molecular weight is 129 g/mol. The van der Waals surface area contributed by atoms with Gasteiger partial charge in [-0.15, -0.1) is 0 Å². The molecule has 0 heterocycles. The predicted octanol–water partition coefficient (Wildman–Crippen LogP) is 3.14. The Labute approximate surface area is 58.4 Å². The van der Waals surface area contributed by atoms with Gasteiger partial charge in [0.2, 0.25) is 0 Å². The minimum absolute atomic E-state index is 0. The molecular formula is C8H19N. The summed E-state index contributed by atoms with van der Waals surface area (Å²) in [5.74, 6) is 0. The van der Waals surface area contributed by atoms with Gasteiger partial charge in [0, 0.05) is 0 Å². The van der Waals surface area contributed by atoms with Crippen molar-refractivity contribution >= 4 is 0 Å². The molecule has 3 N–H and O–H groups in total. The molecule has 0 aromatic heterocycles. The summed E-state index contributed by atoms with van der Waals surface area (Å²) in [6.45, 7) is 4.61. The summed E-state index contributed by atoms with van der Waals surface area (Å²) in [4.78, 5) is 0. The Morgan fingerprint density at radius 1 is 1.22 bits per heavy atom. The van der Waals surface area contributed by atoms with Crippen LogP contribution >= 0.6 is 0 Å². The van der Waals surface area contributed by atoms with E-state index in [1.165, 1.54) is 32.1 Å². The van der Waals surface area contributed by atoms with Gasteiger partial charge in [0.1, 0.15) is 0 Å². The van der Waals surface area contributed by atoms with E-state index in [0.29, 0.717) is 0 Å². The van der Waals surface area contributed by atoms with E-state index in [9.17, 15) is 0 Å². The van der Waals surface area contributed by atoms with Crippen LogP contribution in [0.15, 0.2) is 0 Å². The summed E-state index contributed by atoms with van der Waals surface area (Å²) < 4.78 is 0. The molecule has 0 amide bonds. The summed E-state index contributed by atoms with van der Waals surface area (Å²) in [5.41, 5.74) is 0.842. The molecule has 0 aromatic carbocycles. The van der Waals surface area contributed by atoms with Crippen LogP contribution in [0, 0.1) is 5.41 Å². The summed E-state index contributed by atoms with van der Waals surface area (Å²) in [6, 6.07) is 0. The van der Waals surface area contributed by atoms with Crippen LogP contribution in [-0.4, -0.2) is 0 Å². The SMILES string of the molecule is CCCC1(CC)CC1.N. The van der Waals surface area contributed by atoms with Crippen molar-refractivity contribution in [1.82, 2.24) is 6.15 Å². The molecule has 0 unspecified atom stereocenters. The first-order chi connectivity index (χ1) is 3.83. The smallest absolute Gasteiger partial charge is 0.0300 e. The molecule has 1 heteroatoms. The Balaban J connectivity index is 0.000000640. The Bertz CT molecular complexity index is 74.6. The molecule has 1 aliphatic rings. The monoisotopic (exact) mass is 129 g/mol. The molecule has 0 atom stereocenters. The average Bonchev–Trinajstić information content (AvgIpc) is 2.50. The van der Waals surface area contributed by atoms with Gasteiger partial charge in [-0.05, 0) is 24.7 Å². The quantitative estimate of drug-likeness (QED) is 0.624. The highest BCUT2D eigenvalue weighted by Gasteiger charge is 2.38. The second-order valence-corrected chi connectivity index (χ2v) is 3.10. The molecule has 0 spiro atoms. The molecule has 0 radical (unpaired) electrons. The molecule has 0 bridgehead atoms. The van der Waals surface area contributed by atoms with Crippen molar-refractivity contribution < 1.29 is 0 Å². The fourth-order valence-corrected chi connectivity index (χ4v) is 1.49.